The van der Waals surface area contributed by atoms with Crippen LogP contribution in [0.4, 0.5) is 0 Å². The van der Waals surface area contributed by atoms with Crippen molar-refractivity contribution >= 4 is 21.8 Å². The second-order valence-corrected chi connectivity index (χ2v) is 5.61. The van der Waals surface area contributed by atoms with E-state index < -0.39 is 5.41 Å². The fourth-order valence-electron chi connectivity index (χ4n) is 1.45. The fraction of sp³-hybridized carbons (Fsp3) is 0.636. The SMILES string of the molecule is Cc1nn(C)c(CNCC(C)(C)C(N)=O)c1Br. The first-order valence-corrected chi connectivity index (χ1v) is 6.23. The summed E-state index contributed by atoms with van der Waals surface area (Å²) in [5.41, 5.74) is 6.78. The minimum Gasteiger partial charge on any atom is -0.369 e. The summed E-state index contributed by atoms with van der Waals surface area (Å²) in [5, 5.41) is 7.53. The molecule has 1 aromatic rings. The molecule has 1 aromatic heterocycles. The lowest BCUT2D eigenvalue weighted by atomic mass is 9.93. The lowest BCUT2D eigenvalue weighted by Gasteiger charge is -2.20. The molecule has 1 heterocycles. The van der Waals surface area contributed by atoms with Crippen molar-refractivity contribution in [1.29, 1.82) is 0 Å². The number of aryl methyl sites for hydroxylation is 2. The van der Waals surface area contributed by atoms with Crippen molar-refractivity contribution in [3.05, 3.63) is 15.9 Å². The predicted octanol–water partition coefficient (Wildman–Crippen LogP) is 1.09. The average Bonchev–Trinajstić information content (AvgIpc) is 2.44. The Morgan fingerprint density at radius 2 is 2.18 bits per heavy atom. The van der Waals surface area contributed by atoms with Gasteiger partial charge in [0.25, 0.3) is 0 Å². The maximum absolute atomic E-state index is 11.2. The third-order valence-electron chi connectivity index (χ3n) is 2.79. The molecule has 0 aliphatic rings. The van der Waals surface area contributed by atoms with Crippen LogP contribution < -0.4 is 11.1 Å². The van der Waals surface area contributed by atoms with E-state index in [2.05, 4.69) is 26.3 Å². The van der Waals surface area contributed by atoms with E-state index in [1.165, 1.54) is 0 Å². The van der Waals surface area contributed by atoms with E-state index in [1.54, 1.807) is 0 Å². The van der Waals surface area contributed by atoms with E-state index >= 15 is 0 Å². The molecule has 0 atom stereocenters. The van der Waals surface area contributed by atoms with Gasteiger partial charge in [-0.3, -0.25) is 9.48 Å². The summed E-state index contributed by atoms with van der Waals surface area (Å²) in [5.74, 6) is -0.301. The van der Waals surface area contributed by atoms with E-state index in [0.717, 1.165) is 15.9 Å². The van der Waals surface area contributed by atoms with Crippen molar-refractivity contribution in [1.82, 2.24) is 15.1 Å². The topological polar surface area (TPSA) is 72.9 Å². The average molecular weight is 303 g/mol. The monoisotopic (exact) mass is 302 g/mol. The number of aromatic nitrogens is 2. The molecule has 96 valence electrons. The van der Waals surface area contributed by atoms with Crippen molar-refractivity contribution in [3.8, 4) is 0 Å². The highest BCUT2D eigenvalue weighted by molar-refractivity contribution is 9.10. The molecule has 0 radical (unpaired) electrons. The number of carbonyl (C=O) groups excluding carboxylic acids is 1. The maximum atomic E-state index is 11.2. The molecule has 3 N–H and O–H groups in total. The van der Waals surface area contributed by atoms with Gasteiger partial charge in [0, 0.05) is 20.1 Å². The van der Waals surface area contributed by atoms with Crippen LogP contribution in [0.3, 0.4) is 0 Å². The van der Waals surface area contributed by atoms with Gasteiger partial charge in [0.1, 0.15) is 0 Å². The molecule has 0 aliphatic carbocycles. The number of nitrogens with one attached hydrogen (secondary N) is 1. The standard InChI is InChI=1S/C11H19BrN4O/c1-7-9(12)8(16(4)15-7)5-14-6-11(2,3)10(13)17/h14H,5-6H2,1-4H3,(H2,13,17). The largest absolute Gasteiger partial charge is 0.369 e. The van der Waals surface area contributed by atoms with E-state index in [-0.39, 0.29) is 5.91 Å². The summed E-state index contributed by atoms with van der Waals surface area (Å²) < 4.78 is 2.83. The van der Waals surface area contributed by atoms with Crippen LogP contribution >= 0.6 is 15.9 Å². The Morgan fingerprint density at radius 1 is 1.59 bits per heavy atom. The molecule has 0 spiro atoms. The molecule has 0 aromatic carbocycles. The lowest BCUT2D eigenvalue weighted by Crippen LogP contribution is -2.40. The molecule has 0 bridgehead atoms. The van der Waals surface area contributed by atoms with E-state index in [1.807, 2.05) is 32.5 Å². The highest BCUT2D eigenvalue weighted by Gasteiger charge is 2.24. The molecule has 0 fully saturated rings. The lowest BCUT2D eigenvalue weighted by molar-refractivity contribution is -0.125. The third-order valence-corrected chi connectivity index (χ3v) is 3.82. The fourth-order valence-corrected chi connectivity index (χ4v) is 1.93. The van der Waals surface area contributed by atoms with Crippen molar-refractivity contribution in [3.63, 3.8) is 0 Å². The number of hydrogen-bond donors (Lipinski definition) is 2. The summed E-state index contributed by atoms with van der Waals surface area (Å²) in [6.45, 7) is 6.78. The van der Waals surface area contributed by atoms with Crippen molar-refractivity contribution in [2.75, 3.05) is 6.54 Å². The van der Waals surface area contributed by atoms with Crippen molar-refractivity contribution in [2.24, 2.45) is 18.2 Å². The van der Waals surface area contributed by atoms with Crippen molar-refractivity contribution in [2.45, 2.75) is 27.3 Å². The van der Waals surface area contributed by atoms with Gasteiger partial charge in [-0.25, -0.2) is 0 Å². The van der Waals surface area contributed by atoms with Crippen LogP contribution in [0.1, 0.15) is 25.2 Å². The number of hydrogen-bond acceptors (Lipinski definition) is 3. The Labute approximate surface area is 110 Å². The Bertz CT molecular complexity index is 425. The molecule has 0 aliphatic heterocycles. The van der Waals surface area contributed by atoms with Crippen LogP contribution in [0.5, 0.6) is 0 Å². The van der Waals surface area contributed by atoms with E-state index in [4.69, 9.17) is 5.73 Å². The predicted molar refractivity (Wildman–Crippen MR) is 70.3 cm³/mol. The Morgan fingerprint density at radius 3 is 2.59 bits per heavy atom. The minimum atomic E-state index is -0.542. The Balaban J connectivity index is 2.60. The zero-order valence-electron chi connectivity index (χ0n) is 10.7. The molecule has 1 rings (SSSR count). The number of nitrogens with zero attached hydrogens (tertiary/aromatic N) is 2. The van der Waals surface area contributed by atoms with E-state index in [9.17, 15) is 4.79 Å². The van der Waals surface area contributed by atoms with Gasteiger partial charge in [-0.15, -0.1) is 0 Å². The van der Waals surface area contributed by atoms with Crippen LogP contribution in [0.25, 0.3) is 0 Å². The van der Waals surface area contributed by atoms with Crippen LogP contribution in [0.2, 0.25) is 0 Å². The van der Waals surface area contributed by atoms with Gasteiger partial charge in [-0.05, 0) is 36.7 Å². The van der Waals surface area contributed by atoms with Crippen LogP contribution in [-0.4, -0.2) is 22.2 Å². The molecule has 0 saturated carbocycles. The van der Waals surface area contributed by atoms with Gasteiger partial charge < -0.3 is 11.1 Å². The number of carbonyl (C=O) groups is 1. The third kappa shape index (κ3) is 3.29. The molecule has 17 heavy (non-hydrogen) atoms. The highest BCUT2D eigenvalue weighted by Crippen LogP contribution is 2.20. The van der Waals surface area contributed by atoms with Crippen LogP contribution in [0, 0.1) is 12.3 Å². The van der Waals surface area contributed by atoms with Gasteiger partial charge >= 0.3 is 0 Å². The summed E-state index contributed by atoms with van der Waals surface area (Å²) >= 11 is 3.50. The molecule has 1 amide bonds. The zero-order valence-corrected chi connectivity index (χ0v) is 12.3. The van der Waals surface area contributed by atoms with Gasteiger partial charge in [-0.1, -0.05) is 0 Å². The van der Waals surface area contributed by atoms with Crippen LogP contribution in [0.15, 0.2) is 4.47 Å². The first-order chi connectivity index (χ1) is 7.75. The minimum absolute atomic E-state index is 0.301. The van der Waals surface area contributed by atoms with E-state index in [0.29, 0.717) is 13.1 Å². The molecule has 5 nitrogen and oxygen atoms in total. The molecular weight excluding hydrogens is 284 g/mol. The number of halogens is 1. The maximum Gasteiger partial charge on any atom is 0.224 e. The van der Waals surface area contributed by atoms with Crippen LogP contribution in [-0.2, 0) is 18.4 Å². The highest BCUT2D eigenvalue weighted by atomic mass is 79.9. The quantitative estimate of drug-likeness (QED) is 0.855. The second kappa shape index (κ2) is 5.18. The number of primary amides is 1. The summed E-state index contributed by atoms with van der Waals surface area (Å²) in [7, 11) is 1.90. The number of rotatable bonds is 5. The first-order valence-electron chi connectivity index (χ1n) is 5.44. The summed E-state index contributed by atoms with van der Waals surface area (Å²) in [6.07, 6.45) is 0. The normalized spacial score (nSPS) is 11.8. The zero-order chi connectivity index (χ0) is 13.2. The summed E-state index contributed by atoms with van der Waals surface area (Å²) in [4.78, 5) is 11.2. The number of nitrogens with two attached hydrogens (primary N) is 1. The van der Waals surface area contributed by atoms with Gasteiger partial charge in [-0.2, -0.15) is 5.10 Å². The number of amides is 1. The molecule has 0 unspecified atom stereocenters. The molecule has 0 saturated heterocycles. The first kappa shape index (κ1) is 14.2. The Kier molecular flexibility index (Phi) is 4.32. The van der Waals surface area contributed by atoms with Crippen molar-refractivity contribution < 1.29 is 4.79 Å². The van der Waals surface area contributed by atoms with Gasteiger partial charge in [0.05, 0.1) is 21.3 Å². The summed E-state index contributed by atoms with van der Waals surface area (Å²) in [6, 6.07) is 0. The molecule has 6 heteroatoms. The second-order valence-electron chi connectivity index (χ2n) is 4.82. The van der Waals surface area contributed by atoms with Gasteiger partial charge in [0.15, 0.2) is 0 Å². The van der Waals surface area contributed by atoms with Gasteiger partial charge in [0.2, 0.25) is 5.91 Å². The smallest absolute Gasteiger partial charge is 0.224 e. The molecular formula is C11H19BrN4O. The Hall–Kier alpha value is -0.880.